The molecule has 0 spiro atoms. The lowest BCUT2D eigenvalue weighted by molar-refractivity contribution is -0.141. The minimum atomic E-state index is -0.918. The van der Waals surface area contributed by atoms with E-state index in [1.54, 1.807) is 0 Å². The van der Waals surface area contributed by atoms with Crippen LogP contribution in [-0.2, 0) is 14.3 Å². The van der Waals surface area contributed by atoms with Crippen molar-refractivity contribution in [2.75, 3.05) is 20.3 Å². The van der Waals surface area contributed by atoms with E-state index in [4.69, 9.17) is 4.74 Å². The van der Waals surface area contributed by atoms with Crippen molar-refractivity contribution in [2.45, 2.75) is 25.4 Å². The van der Waals surface area contributed by atoms with Crippen LogP contribution in [0.15, 0.2) is 0 Å². The molecule has 0 unspecified atom stereocenters. The molecule has 0 radical (unpaired) electrons. The molecule has 76 valence electrons. The average Bonchev–Trinajstić information content (AvgIpc) is 2.16. The van der Waals surface area contributed by atoms with Gasteiger partial charge in [0.1, 0.15) is 6.17 Å². The first kappa shape index (κ1) is 10.4. The summed E-state index contributed by atoms with van der Waals surface area (Å²) in [6, 6.07) is 0. The van der Waals surface area contributed by atoms with Gasteiger partial charge in [-0.3, -0.25) is 4.79 Å². The molecule has 1 heterocycles. The molecule has 0 bridgehead atoms. The number of methoxy groups -OCH3 is 1. The lowest BCUT2D eigenvalue weighted by Crippen LogP contribution is -2.29. The molecule has 1 aliphatic rings. The van der Waals surface area contributed by atoms with Crippen molar-refractivity contribution >= 4 is 5.97 Å². The zero-order valence-electron chi connectivity index (χ0n) is 7.79. The van der Waals surface area contributed by atoms with Gasteiger partial charge in [-0.05, 0) is 18.8 Å². The van der Waals surface area contributed by atoms with E-state index in [9.17, 15) is 9.18 Å². The first-order valence-corrected chi connectivity index (χ1v) is 4.52. The van der Waals surface area contributed by atoms with Gasteiger partial charge in [-0.1, -0.05) is 0 Å². The third-order valence-electron chi connectivity index (χ3n) is 2.37. The smallest absolute Gasteiger partial charge is 0.305 e. The molecule has 1 rings (SSSR count). The van der Waals surface area contributed by atoms with E-state index >= 15 is 0 Å². The number of esters is 1. The zero-order chi connectivity index (χ0) is 9.68. The topological polar surface area (TPSA) is 35.5 Å². The molecule has 0 aromatic heterocycles. The highest BCUT2D eigenvalue weighted by atomic mass is 19.1. The van der Waals surface area contributed by atoms with E-state index in [1.165, 1.54) is 7.11 Å². The summed E-state index contributed by atoms with van der Waals surface area (Å²) >= 11 is 0. The Morgan fingerprint density at radius 2 is 2.46 bits per heavy atom. The summed E-state index contributed by atoms with van der Waals surface area (Å²) in [5.41, 5.74) is 0. The Bertz CT molecular complexity index is 172. The maximum absolute atomic E-state index is 13.1. The normalized spacial score (nSPS) is 28.5. The van der Waals surface area contributed by atoms with E-state index in [-0.39, 0.29) is 18.5 Å². The van der Waals surface area contributed by atoms with Crippen LogP contribution in [0.5, 0.6) is 0 Å². The summed E-state index contributed by atoms with van der Waals surface area (Å²) in [6.07, 6.45) is 0.662. The number of hydrogen-bond donors (Lipinski definition) is 0. The Labute approximate surface area is 77.2 Å². The van der Waals surface area contributed by atoms with Gasteiger partial charge in [-0.25, -0.2) is 4.39 Å². The lowest BCUT2D eigenvalue weighted by atomic mass is 9.93. The predicted molar refractivity (Wildman–Crippen MR) is 45.1 cm³/mol. The molecule has 4 heteroatoms. The summed E-state index contributed by atoms with van der Waals surface area (Å²) in [4.78, 5) is 10.8. The second-order valence-electron chi connectivity index (χ2n) is 3.25. The number of ether oxygens (including phenoxy) is 2. The Morgan fingerprint density at radius 1 is 1.69 bits per heavy atom. The highest BCUT2D eigenvalue weighted by molar-refractivity contribution is 5.69. The van der Waals surface area contributed by atoms with Crippen LogP contribution < -0.4 is 0 Å². The van der Waals surface area contributed by atoms with Gasteiger partial charge >= 0.3 is 5.97 Å². The van der Waals surface area contributed by atoms with E-state index in [0.717, 1.165) is 0 Å². The van der Waals surface area contributed by atoms with Crippen molar-refractivity contribution in [1.29, 1.82) is 0 Å². The number of alkyl halides is 1. The van der Waals surface area contributed by atoms with Gasteiger partial charge in [-0.2, -0.15) is 0 Å². The molecule has 2 atom stereocenters. The average molecular weight is 190 g/mol. The maximum atomic E-state index is 13.1. The Balaban J connectivity index is 2.22. The highest BCUT2D eigenvalue weighted by Gasteiger charge is 2.25. The molecular formula is C9H15FO3. The van der Waals surface area contributed by atoms with E-state index in [1.807, 2.05) is 0 Å². The van der Waals surface area contributed by atoms with Gasteiger partial charge in [0.05, 0.1) is 13.7 Å². The molecule has 0 aromatic carbocycles. The molecule has 3 nitrogen and oxygen atoms in total. The minimum Gasteiger partial charge on any atom is -0.469 e. The van der Waals surface area contributed by atoms with Gasteiger partial charge in [0, 0.05) is 13.0 Å². The van der Waals surface area contributed by atoms with Crippen LogP contribution in [0.25, 0.3) is 0 Å². The number of carbonyl (C=O) groups excluding carboxylic acids is 1. The molecule has 0 N–H and O–H groups in total. The monoisotopic (exact) mass is 190 g/mol. The molecule has 13 heavy (non-hydrogen) atoms. The second-order valence-corrected chi connectivity index (χ2v) is 3.25. The van der Waals surface area contributed by atoms with Crippen LogP contribution in [0.3, 0.4) is 0 Å². The molecule has 1 fully saturated rings. The van der Waals surface area contributed by atoms with Crippen LogP contribution in [0.1, 0.15) is 19.3 Å². The number of carbonyl (C=O) groups is 1. The predicted octanol–water partition coefficient (Wildman–Crippen LogP) is 1.31. The van der Waals surface area contributed by atoms with Gasteiger partial charge < -0.3 is 9.47 Å². The van der Waals surface area contributed by atoms with Crippen LogP contribution in [-0.4, -0.2) is 32.5 Å². The molecule has 1 aliphatic heterocycles. The van der Waals surface area contributed by atoms with Crippen LogP contribution in [0.4, 0.5) is 4.39 Å². The lowest BCUT2D eigenvalue weighted by Gasteiger charge is -2.25. The summed E-state index contributed by atoms with van der Waals surface area (Å²) in [5, 5.41) is 0. The Hall–Kier alpha value is -0.640. The molecule has 0 amide bonds. The van der Waals surface area contributed by atoms with Crippen molar-refractivity contribution in [3.63, 3.8) is 0 Å². The van der Waals surface area contributed by atoms with Crippen molar-refractivity contribution in [3.8, 4) is 0 Å². The standard InChI is InChI=1S/C9H15FO3/c1-12-9(11)3-2-7-4-5-13-6-8(7)10/h7-8H,2-6H2,1H3/t7-,8-/m1/s1. The summed E-state index contributed by atoms with van der Waals surface area (Å²) < 4.78 is 22.6. The fourth-order valence-electron chi connectivity index (χ4n) is 1.48. The summed E-state index contributed by atoms with van der Waals surface area (Å²) in [7, 11) is 1.35. The number of halogens is 1. The SMILES string of the molecule is COC(=O)CC[C@@H]1CCOC[C@H]1F. The first-order chi connectivity index (χ1) is 6.24. The summed E-state index contributed by atoms with van der Waals surface area (Å²) in [6.45, 7) is 0.776. The van der Waals surface area contributed by atoms with Gasteiger partial charge in [0.25, 0.3) is 0 Å². The summed E-state index contributed by atoms with van der Waals surface area (Å²) in [5.74, 6) is -0.299. The number of rotatable bonds is 3. The van der Waals surface area contributed by atoms with Crippen LogP contribution in [0.2, 0.25) is 0 Å². The maximum Gasteiger partial charge on any atom is 0.305 e. The third-order valence-corrected chi connectivity index (χ3v) is 2.37. The molecule has 0 aliphatic carbocycles. The van der Waals surface area contributed by atoms with E-state index < -0.39 is 6.17 Å². The van der Waals surface area contributed by atoms with Crippen molar-refractivity contribution < 1.29 is 18.7 Å². The van der Waals surface area contributed by atoms with Crippen molar-refractivity contribution in [3.05, 3.63) is 0 Å². The second kappa shape index (κ2) is 5.17. The van der Waals surface area contributed by atoms with Gasteiger partial charge in [0.15, 0.2) is 0 Å². The molecular weight excluding hydrogens is 175 g/mol. The number of hydrogen-bond acceptors (Lipinski definition) is 3. The highest BCUT2D eigenvalue weighted by Crippen LogP contribution is 2.23. The van der Waals surface area contributed by atoms with Gasteiger partial charge in [-0.15, -0.1) is 0 Å². The van der Waals surface area contributed by atoms with E-state index in [0.29, 0.717) is 25.9 Å². The first-order valence-electron chi connectivity index (χ1n) is 4.52. The molecule has 1 saturated heterocycles. The van der Waals surface area contributed by atoms with Crippen LogP contribution >= 0.6 is 0 Å². The molecule has 0 aromatic rings. The third kappa shape index (κ3) is 3.30. The quantitative estimate of drug-likeness (QED) is 0.629. The van der Waals surface area contributed by atoms with Crippen molar-refractivity contribution in [2.24, 2.45) is 5.92 Å². The largest absolute Gasteiger partial charge is 0.469 e. The van der Waals surface area contributed by atoms with Gasteiger partial charge in [0.2, 0.25) is 0 Å². The fourth-order valence-corrected chi connectivity index (χ4v) is 1.48. The zero-order valence-corrected chi connectivity index (χ0v) is 7.79. The fraction of sp³-hybridized carbons (Fsp3) is 0.889. The Kier molecular flexibility index (Phi) is 4.15. The van der Waals surface area contributed by atoms with Crippen molar-refractivity contribution in [1.82, 2.24) is 0 Å². The Morgan fingerprint density at radius 3 is 3.08 bits per heavy atom. The minimum absolute atomic E-state index is 0.0344. The van der Waals surface area contributed by atoms with Crippen LogP contribution in [0, 0.1) is 5.92 Å². The molecule has 0 saturated carbocycles. The van der Waals surface area contributed by atoms with E-state index in [2.05, 4.69) is 4.74 Å².